The second-order valence-corrected chi connectivity index (χ2v) is 4.70. The molecule has 1 rings (SSSR count). The highest BCUT2D eigenvalue weighted by Crippen LogP contribution is 2.08. The maximum absolute atomic E-state index is 5.92. The number of hydrogen-bond donors (Lipinski definition) is 1. The molecule has 0 fully saturated rings. The van der Waals surface area contributed by atoms with Gasteiger partial charge in [0.2, 0.25) is 0 Å². The summed E-state index contributed by atoms with van der Waals surface area (Å²) in [6.07, 6.45) is 5.78. The summed E-state index contributed by atoms with van der Waals surface area (Å²) in [7, 11) is 0. The van der Waals surface area contributed by atoms with Crippen LogP contribution in [0, 0.1) is 0 Å². The largest absolute Gasteiger partial charge is 0.326 e. The second-order valence-electron chi connectivity index (χ2n) is 4.70. The third-order valence-corrected chi connectivity index (χ3v) is 2.26. The Morgan fingerprint density at radius 2 is 2.07 bits per heavy atom. The summed E-state index contributed by atoms with van der Waals surface area (Å²) in [6, 6.07) is 1.99. The van der Waals surface area contributed by atoms with E-state index in [1.54, 1.807) is 0 Å². The molecule has 0 aliphatic rings. The second kappa shape index (κ2) is 5.21. The molecule has 15 heavy (non-hydrogen) atoms. The van der Waals surface area contributed by atoms with Crippen molar-refractivity contribution in [1.82, 2.24) is 9.97 Å². The van der Waals surface area contributed by atoms with Crippen molar-refractivity contribution in [3.05, 3.63) is 23.8 Å². The van der Waals surface area contributed by atoms with Gasteiger partial charge in [0.05, 0.1) is 0 Å². The van der Waals surface area contributed by atoms with Gasteiger partial charge in [-0.25, -0.2) is 9.97 Å². The Hall–Kier alpha value is -0.960. The van der Waals surface area contributed by atoms with E-state index < -0.39 is 0 Å². The monoisotopic (exact) mass is 207 g/mol. The molecule has 0 aromatic carbocycles. The van der Waals surface area contributed by atoms with Crippen LogP contribution in [0.4, 0.5) is 0 Å². The summed E-state index contributed by atoms with van der Waals surface area (Å²) in [5.74, 6) is 0.916. The minimum Gasteiger partial charge on any atom is -0.326 e. The van der Waals surface area contributed by atoms with Gasteiger partial charge in [-0.2, -0.15) is 0 Å². The molecule has 0 atom stereocenters. The molecule has 0 radical (unpaired) electrons. The molecule has 1 heterocycles. The van der Waals surface area contributed by atoms with Crippen LogP contribution in [-0.2, 0) is 12.8 Å². The highest BCUT2D eigenvalue weighted by molar-refractivity contribution is 5.03. The van der Waals surface area contributed by atoms with E-state index in [0.29, 0.717) is 0 Å². The molecular weight excluding hydrogens is 186 g/mol. The number of aryl methyl sites for hydroxylation is 2. The molecule has 0 unspecified atom stereocenters. The van der Waals surface area contributed by atoms with E-state index in [9.17, 15) is 0 Å². The van der Waals surface area contributed by atoms with Gasteiger partial charge in [-0.3, -0.25) is 0 Å². The Balaban J connectivity index is 2.57. The predicted octanol–water partition coefficient (Wildman–Crippen LogP) is 2.10. The Kier molecular flexibility index (Phi) is 4.21. The number of rotatable bonds is 5. The summed E-state index contributed by atoms with van der Waals surface area (Å²) < 4.78 is 0. The summed E-state index contributed by atoms with van der Waals surface area (Å²) >= 11 is 0. The van der Waals surface area contributed by atoms with Crippen LogP contribution >= 0.6 is 0 Å². The van der Waals surface area contributed by atoms with Gasteiger partial charge in [-0.15, -0.1) is 0 Å². The molecule has 0 spiro atoms. The zero-order valence-electron chi connectivity index (χ0n) is 9.95. The Bertz CT molecular complexity index is 302. The SMILES string of the molecule is CCCc1ccnc(CCC(C)(C)N)n1. The molecule has 0 saturated carbocycles. The van der Waals surface area contributed by atoms with E-state index in [1.165, 1.54) is 0 Å². The van der Waals surface area contributed by atoms with Crippen molar-refractivity contribution < 1.29 is 0 Å². The molecule has 84 valence electrons. The van der Waals surface area contributed by atoms with Crippen molar-refractivity contribution in [1.29, 1.82) is 0 Å². The number of aromatic nitrogens is 2. The first-order valence-corrected chi connectivity index (χ1v) is 5.61. The Morgan fingerprint density at radius 1 is 1.33 bits per heavy atom. The van der Waals surface area contributed by atoms with Crippen LogP contribution in [0.15, 0.2) is 12.3 Å². The molecule has 0 aliphatic carbocycles. The Morgan fingerprint density at radius 3 is 2.67 bits per heavy atom. The highest BCUT2D eigenvalue weighted by Gasteiger charge is 2.11. The van der Waals surface area contributed by atoms with Gasteiger partial charge in [0.25, 0.3) is 0 Å². The van der Waals surface area contributed by atoms with Crippen LogP contribution in [0.2, 0.25) is 0 Å². The molecule has 2 N–H and O–H groups in total. The lowest BCUT2D eigenvalue weighted by Crippen LogP contribution is -2.32. The predicted molar refractivity (Wildman–Crippen MR) is 62.6 cm³/mol. The van der Waals surface area contributed by atoms with Gasteiger partial charge in [0.1, 0.15) is 5.82 Å². The lowest BCUT2D eigenvalue weighted by molar-refractivity contribution is 0.470. The molecule has 0 saturated heterocycles. The third-order valence-electron chi connectivity index (χ3n) is 2.26. The first kappa shape index (κ1) is 12.1. The van der Waals surface area contributed by atoms with Crippen LogP contribution < -0.4 is 5.73 Å². The maximum atomic E-state index is 5.92. The van der Waals surface area contributed by atoms with Crippen molar-refractivity contribution in [3.63, 3.8) is 0 Å². The quantitative estimate of drug-likeness (QED) is 0.804. The van der Waals surface area contributed by atoms with Crippen molar-refractivity contribution in [3.8, 4) is 0 Å². The van der Waals surface area contributed by atoms with Crippen LogP contribution in [-0.4, -0.2) is 15.5 Å². The van der Waals surface area contributed by atoms with Crippen LogP contribution in [0.3, 0.4) is 0 Å². The average molecular weight is 207 g/mol. The first-order valence-electron chi connectivity index (χ1n) is 5.61. The minimum absolute atomic E-state index is 0.135. The van der Waals surface area contributed by atoms with E-state index in [0.717, 1.165) is 37.2 Å². The summed E-state index contributed by atoms with van der Waals surface area (Å²) in [6.45, 7) is 6.22. The summed E-state index contributed by atoms with van der Waals surface area (Å²) in [5.41, 5.74) is 6.93. The summed E-state index contributed by atoms with van der Waals surface area (Å²) in [5, 5.41) is 0. The van der Waals surface area contributed by atoms with Crippen LogP contribution in [0.1, 0.15) is 45.1 Å². The molecule has 3 nitrogen and oxygen atoms in total. The molecule has 0 bridgehead atoms. The molecular formula is C12H21N3. The van der Waals surface area contributed by atoms with Crippen molar-refractivity contribution in [2.45, 2.75) is 52.0 Å². The van der Waals surface area contributed by atoms with E-state index in [-0.39, 0.29) is 5.54 Å². The number of hydrogen-bond acceptors (Lipinski definition) is 3. The fourth-order valence-corrected chi connectivity index (χ4v) is 1.39. The summed E-state index contributed by atoms with van der Waals surface area (Å²) in [4.78, 5) is 8.76. The molecule has 1 aromatic rings. The average Bonchev–Trinajstić information content (AvgIpc) is 2.15. The smallest absolute Gasteiger partial charge is 0.128 e. The lowest BCUT2D eigenvalue weighted by atomic mass is 10.00. The molecule has 3 heteroatoms. The maximum Gasteiger partial charge on any atom is 0.128 e. The molecule has 0 aliphatic heterocycles. The third kappa shape index (κ3) is 4.88. The fraction of sp³-hybridized carbons (Fsp3) is 0.667. The van der Waals surface area contributed by atoms with Crippen LogP contribution in [0.25, 0.3) is 0 Å². The molecule has 1 aromatic heterocycles. The highest BCUT2D eigenvalue weighted by atomic mass is 14.9. The van der Waals surface area contributed by atoms with E-state index in [1.807, 2.05) is 26.1 Å². The van der Waals surface area contributed by atoms with Gasteiger partial charge in [0, 0.05) is 23.9 Å². The number of nitrogens with two attached hydrogens (primary N) is 1. The molecule has 0 amide bonds. The normalized spacial score (nSPS) is 11.7. The van der Waals surface area contributed by atoms with Crippen molar-refractivity contribution in [2.75, 3.05) is 0 Å². The van der Waals surface area contributed by atoms with E-state index >= 15 is 0 Å². The lowest BCUT2D eigenvalue weighted by Gasteiger charge is -2.17. The fourth-order valence-electron chi connectivity index (χ4n) is 1.39. The first-order chi connectivity index (χ1) is 7.01. The van der Waals surface area contributed by atoms with Crippen molar-refractivity contribution in [2.24, 2.45) is 5.73 Å². The van der Waals surface area contributed by atoms with Gasteiger partial charge in [-0.1, -0.05) is 13.3 Å². The van der Waals surface area contributed by atoms with Crippen molar-refractivity contribution >= 4 is 0 Å². The van der Waals surface area contributed by atoms with Gasteiger partial charge in [0.15, 0.2) is 0 Å². The van der Waals surface area contributed by atoms with Gasteiger partial charge < -0.3 is 5.73 Å². The minimum atomic E-state index is -0.135. The topological polar surface area (TPSA) is 51.8 Å². The standard InChI is InChI=1S/C12H21N3/c1-4-5-10-7-9-14-11(15-10)6-8-12(2,3)13/h7,9H,4-6,8,13H2,1-3H3. The van der Waals surface area contributed by atoms with Gasteiger partial charge in [-0.05, 0) is 32.8 Å². The van der Waals surface area contributed by atoms with Gasteiger partial charge >= 0.3 is 0 Å². The zero-order valence-corrected chi connectivity index (χ0v) is 9.95. The zero-order chi connectivity index (χ0) is 11.3. The Labute approximate surface area is 92.1 Å². The van der Waals surface area contributed by atoms with Crippen LogP contribution in [0.5, 0.6) is 0 Å². The van der Waals surface area contributed by atoms with E-state index in [4.69, 9.17) is 5.73 Å². The van der Waals surface area contributed by atoms with E-state index in [2.05, 4.69) is 16.9 Å². The number of nitrogens with zero attached hydrogens (tertiary/aromatic N) is 2.